The van der Waals surface area contributed by atoms with E-state index in [4.69, 9.17) is 4.74 Å². The third-order valence-corrected chi connectivity index (χ3v) is 6.69. The number of ether oxygens (including phenoxy) is 1. The van der Waals surface area contributed by atoms with E-state index in [9.17, 15) is 49.1 Å². The van der Waals surface area contributed by atoms with Crippen LogP contribution in [0.4, 0.5) is 44.3 Å². The van der Waals surface area contributed by atoms with Gasteiger partial charge in [0.15, 0.2) is 5.65 Å². The molecule has 48 heavy (non-hydrogen) atoms. The molecule has 2 amide bonds. The Labute approximate surface area is 267 Å². The molecule has 0 saturated carbocycles. The van der Waals surface area contributed by atoms with Gasteiger partial charge >= 0.3 is 24.6 Å². The molecule has 0 aliphatic rings. The number of hydrogen-bond donors (Lipinski definition) is 2. The van der Waals surface area contributed by atoms with Gasteiger partial charge in [-0.3, -0.25) is 4.79 Å². The number of hydrogen-bond acceptors (Lipinski definition) is 5. The maximum absolute atomic E-state index is 13.5. The number of imidazole rings is 1. The number of alkyl carbamates (subject to hydrolysis) is 1. The average molecular weight is 690 g/mol. The molecule has 2 aromatic heterocycles. The number of benzene rings is 2. The highest BCUT2D eigenvalue weighted by Gasteiger charge is 2.37. The van der Waals surface area contributed by atoms with Gasteiger partial charge in [0.1, 0.15) is 23.0 Å². The first kappa shape index (κ1) is 36.0. The van der Waals surface area contributed by atoms with Crippen LogP contribution in [0.1, 0.15) is 54.4 Å². The van der Waals surface area contributed by atoms with Gasteiger partial charge < -0.3 is 19.9 Å². The topological polar surface area (TPSA) is 98.1 Å². The fraction of sp³-hybridized carbons (Fsp3) is 0.355. The lowest BCUT2D eigenvalue weighted by Crippen LogP contribution is -2.49. The third-order valence-electron chi connectivity index (χ3n) is 6.69. The second-order valence-corrected chi connectivity index (χ2v) is 11.7. The van der Waals surface area contributed by atoms with Crippen molar-refractivity contribution in [1.82, 2.24) is 25.2 Å². The van der Waals surface area contributed by atoms with E-state index in [0.29, 0.717) is 12.1 Å². The predicted octanol–water partition coefficient (Wildman–Crippen LogP) is 7.29. The van der Waals surface area contributed by atoms with E-state index in [2.05, 4.69) is 20.6 Å². The van der Waals surface area contributed by atoms with Crippen LogP contribution in [0.25, 0.3) is 11.2 Å². The fourth-order valence-electron chi connectivity index (χ4n) is 4.66. The van der Waals surface area contributed by atoms with Gasteiger partial charge in [-0.25, -0.2) is 14.8 Å². The quantitative estimate of drug-likeness (QED) is 0.190. The van der Waals surface area contributed by atoms with Gasteiger partial charge in [0.2, 0.25) is 5.91 Å². The Morgan fingerprint density at radius 1 is 0.812 bits per heavy atom. The van der Waals surface area contributed by atoms with E-state index in [1.54, 1.807) is 20.8 Å². The molecule has 0 bridgehead atoms. The number of pyridine rings is 1. The van der Waals surface area contributed by atoms with Crippen molar-refractivity contribution in [2.24, 2.45) is 0 Å². The van der Waals surface area contributed by atoms with Crippen molar-refractivity contribution in [3.63, 3.8) is 0 Å². The maximum atomic E-state index is 13.5. The summed E-state index contributed by atoms with van der Waals surface area (Å²) in [5.74, 6) is -0.929. The zero-order chi connectivity index (χ0) is 35.7. The van der Waals surface area contributed by atoms with Gasteiger partial charge in [0.05, 0.1) is 29.8 Å². The van der Waals surface area contributed by atoms with E-state index in [-0.39, 0.29) is 34.2 Å². The molecule has 4 aromatic rings. The number of alkyl halides is 9. The van der Waals surface area contributed by atoms with Crippen LogP contribution < -0.4 is 10.6 Å². The highest BCUT2D eigenvalue weighted by molar-refractivity contribution is 5.86. The number of halogens is 9. The number of aromatic nitrogens is 3. The first-order chi connectivity index (χ1) is 22.1. The minimum absolute atomic E-state index is 0.00287. The molecule has 0 aliphatic heterocycles. The van der Waals surface area contributed by atoms with Crippen molar-refractivity contribution >= 4 is 23.2 Å². The summed E-state index contributed by atoms with van der Waals surface area (Å²) in [7, 11) is 0. The lowest BCUT2D eigenvalue weighted by Gasteiger charge is -2.23. The van der Waals surface area contributed by atoms with Gasteiger partial charge in [-0.15, -0.1) is 0 Å². The van der Waals surface area contributed by atoms with Gasteiger partial charge in [-0.1, -0.05) is 18.2 Å². The van der Waals surface area contributed by atoms with Gasteiger partial charge in [0.25, 0.3) is 0 Å². The zero-order valence-corrected chi connectivity index (χ0v) is 25.4. The van der Waals surface area contributed by atoms with Crippen LogP contribution in [0, 0.1) is 0 Å². The van der Waals surface area contributed by atoms with Crippen LogP contribution in [0.15, 0.2) is 60.8 Å². The summed E-state index contributed by atoms with van der Waals surface area (Å²) in [5.41, 5.74) is -5.08. The molecule has 0 radical (unpaired) electrons. The molecule has 258 valence electrons. The summed E-state index contributed by atoms with van der Waals surface area (Å²) in [6.07, 6.45) is -15.0. The predicted molar refractivity (Wildman–Crippen MR) is 153 cm³/mol. The van der Waals surface area contributed by atoms with E-state index in [0.717, 1.165) is 18.2 Å². The van der Waals surface area contributed by atoms with Gasteiger partial charge in [-0.05, 0) is 68.3 Å². The van der Waals surface area contributed by atoms with Crippen molar-refractivity contribution in [2.75, 3.05) is 0 Å². The summed E-state index contributed by atoms with van der Waals surface area (Å²) >= 11 is 0. The summed E-state index contributed by atoms with van der Waals surface area (Å²) in [5, 5.41) is 4.82. The van der Waals surface area contributed by atoms with Crippen LogP contribution in [-0.4, -0.2) is 38.2 Å². The maximum Gasteiger partial charge on any atom is 0.416 e. The van der Waals surface area contributed by atoms with E-state index in [1.165, 1.54) is 29.0 Å². The number of carbonyl (C=O) groups is 2. The lowest BCUT2D eigenvalue weighted by atomic mass is 10.0. The van der Waals surface area contributed by atoms with Gasteiger partial charge in [-0.2, -0.15) is 39.5 Å². The number of nitrogens with one attached hydrogen (secondary N) is 2. The third kappa shape index (κ3) is 9.38. The molecule has 1 atom stereocenters. The number of amides is 2. The number of fused-ring (bicyclic) bond motifs is 1. The van der Waals surface area contributed by atoms with E-state index >= 15 is 0 Å². The molecular weight excluding hydrogens is 661 g/mol. The monoisotopic (exact) mass is 689 g/mol. The molecule has 4 rings (SSSR count). The first-order valence-electron chi connectivity index (χ1n) is 14.1. The molecule has 17 heteroatoms. The Hall–Kier alpha value is -4.83. The van der Waals surface area contributed by atoms with E-state index < -0.39 is 78.4 Å². The van der Waals surface area contributed by atoms with Crippen molar-refractivity contribution in [3.8, 4) is 0 Å². The molecule has 0 aliphatic carbocycles. The Morgan fingerprint density at radius 2 is 1.42 bits per heavy atom. The molecule has 0 unspecified atom stereocenters. The molecule has 0 fully saturated rings. The number of carbonyl (C=O) groups excluding carboxylic acids is 2. The van der Waals surface area contributed by atoms with E-state index in [1.807, 2.05) is 0 Å². The Balaban J connectivity index is 1.65. The molecule has 0 spiro atoms. The molecule has 2 N–H and O–H groups in total. The van der Waals surface area contributed by atoms with Crippen LogP contribution >= 0.6 is 0 Å². The molecular formula is C31H28F9N5O3. The standard InChI is InChI=1S/C31H28F9N5O3/c1-28(2,3)48-27(47)44-23(13-17-6-4-7-19(10-17)29(32,33)34)26(46)42-15-24-43-22-8-5-9-41-25(22)45(24)16-18-11-20(30(35,36)37)14-21(12-18)31(38,39)40/h4-12,14,23H,13,15-16H2,1-3H3,(H,42,46)(H,44,47)/t23-/m1/s1. The highest BCUT2D eigenvalue weighted by Crippen LogP contribution is 2.37. The minimum atomic E-state index is -5.09. The molecule has 2 heterocycles. The highest BCUT2D eigenvalue weighted by atomic mass is 19.4. The van der Waals surface area contributed by atoms with Crippen molar-refractivity contribution in [2.45, 2.75) is 70.5 Å². The van der Waals surface area contributed by atoms with Crippen molar-refractivity contribution in [1.29, 1.82) is 0 Å². The Morgan fingerprint density at radius 3 is 2.00 bits per heavy atom. The second-order valence-electron chi connectivity index (χ2n) is 11.7. The Kier molecular flexibility index (Phi) is 10.0. The largest absolute Gasteiger partial charge is 0.444 e. The SMILES string of the molecule is CC(C)(C)OC(=O)N[C@H](Cc1cccc(C(F)(F)F)c1)C(=O)NCc1nc2cccnc2n1Cc1cc(C(F)(F)F)cc(C(F)(F)F)c1. The average Bonchev–Trinajstić information content (AvgIpc) is 3.30. The summed E-state index contributed by atoms with van der Waals surface area (Å²) in [6.45, 7) is 3.63. The second kappa shape index (κ2) is 13.4. The minimum Gasteiger partial charge on any atom is -0.444 e. The fourth-order valence-corrected chi connectivity index (χ4v) is 4.66. The number of rotatable bonds is 8. The van der Waals surface area contributed by atoms with Crippen LogP contribution in [0.5, 0.6) is 0 Å². The summed E-state index contributed by atoms with van der Waals surface area (Å²) in [4.78, 5) is 34.4. The molecule has 8 nitrogen and oxygen atoms in total. The lowest BCUT2D eigenvalue weighted by molar-refractivity contribution is -0.143. The summed E-state index contributed by atoms with van der Waals surface area (Å²) in [6, 6.07) is 6.71. The summed E-state index contributed by atoms with van der Waals surface area (Å²) < 4.78 is 127. The normalized spacial score (nSPS) is 13.3. The van der Waals surface area contributed by atoms with Crippen LogP contribution in [0.3, 0.4) is 0 Å². The zero-order valence-electron chi connectivity index (χ0n) is 25.4. The van der Waals surface area contributed by atoms with Crippen molar-refractivity contribution < 1.29 is 53.8 Å². The first-order valence-corrected chi connectivity index (χ1v) is 14.1. The van der Waals surface area contributed by atoms with Gasteiger partial charge in [0, 0.05) is 12.6 Å². The van der Waals surface area contributed by atoms with Crippen LogP contribution in [-0.2, 0) is 47.6 Å². The smallest absolute Gasteiger partial charge is 0.416 e. The molecule has 2 aromatic carbocycles. The Bertz CT molecular complexity index is 1760. The van der Waals surface area contributed by atoms with Crippen molar-refractivity contribution in [3.05, 3.63) is 94.4 Å². The number of nitrogens with zero attached hydrogens (tertiary/aromatic N) is 3. The molecule has 0 saturated heterocycles. The van der Waals surface area contributed by atoms with Crippen LogP contribution in [0.2, 0.25) is 0 Å².